The number of carbonyl (C=O) groups excluding carboxylic acids is 4. The maximum atomic E-state index is 13.2. The van der Waals surface area contributed by atoms with Crippen LogP contribution in [0.4, 0.5) is 4.39 Å². The maximum absolute atomic E-state index is 13.2. The number of hydrogen-bond acceptors (Lipinski definition) is 6. The van der Waals surface area contributed by atoms with E-state index < -0.39 is 29.2 Å². The van der Waals surface area contributed by atoms with Crippen molar-refractivity contribution in [1.29, 1.82) is 0 Å². The number of fused-ring (bicyclic) bond motifs is 8. The molecule has 1 saturated carbocycles. The van der Waals surface area contributed by atoms with Gasteiger partial charge in [-0.25, -0.2) is 5.48 Å². The second kappa shape index (κ2) is 13.0. The number of unbranched alkanes of at least 4 members (excludes halogenated alkanes) is 2. The zero-order valence-corrected chi connectivity index (χ0v) is 20.0. The van der Waals surface area contributed by atoms with Gasteiger partial charge >= 0.3 is 0 Å². The molecule has 4 rings (SSSR count). The number of allylic oxidation sites excluding steroid dienone is 1. The van der Waals surface area contributed by atoms with Crippen LogP contribution in [0.5, 0.6) is 0 Å². The number of carbonyl (C=O) groups is 4. The Morgan fingerprint density at radius 2 is 1.97 bits per heavy atom. The first-order chi connectivity index (χ1) is 16.9. The Morgan fingerprint density at radius 1 is 1.14 bits per heavy atom. The Balaban J connectivity index is 1.65. The highest BCUT2D eigenvalue weighted by atomic mass is 19.1. The minimum atomic E-state index is -1.15. The standard InChI is InChI=1S/C24H37FN4O6/c25-10-2-1-3-11-26-21(31)15-27-23(33)24-14-19(24)16-6-8-18(9-7-16)35-12-4-5-17(22(32)29-34)13-20(30)28-24/h6,8,16-19,34H,1-5,7,9-15H2,(H,26,31)(H,27,33)(H,28,30)(H,29,32)/t16?,17-,18?,19?,24?/m0/s1. The lowest BCUT2D eigenvalue weighted by atomic mass is 9.87. The van der Waals surface area contributed by atoms with Crippen LogP contribution in [-0.2, 0) is 23.9 Å². The molecule has 10 nitrogen and oxygen atoms in total. The molecule has 1 saturated heterocycles. The lowest BCUT2D eigenvalue weighted by molar-refractivity contribution is -0.138. The Bertz CT molecular complexity index is 809. The van der Waals surface area contributed by atoms with Crippen molar-refractivity contribution in [3.63, 3.8) is 0 Å². The zero-order chi connectivity index (χ0) is 25.3. The van der Waals surface area contributed by atoms with Crippen LogP contribution in [0, 0.1) is 17.8 Å². The minimum Gasteiger partial charge on any atom is -0.374 e. The van der Waals surface area contributed by atoms with Gasteiger partial charge in [0, 0.05) is 31.4 Å². The molecule has 196 valence electrons. The van der Waals surface area contributed by atoms with Gasteiger partial charge in [0.2, 0.25) is 23.6 Å². The van der Waals surface area contributed by atoms with Crippen LogP contribution in [-0.4, -0.2) is 66.8 Å². The minimum absolute atomic E-state index is 0.0236. The second-order valence-electron chi connectivity index (χ2n) is 9.67. The summed E-state index contributed by atoms with van der Waals surface area (Å²) in [5.41, 5.74) is 0.471. The summed E-state index contributed by atoms with van der Waals surface area (Å²) in [5, 5.41) is 17.3. The summed E-state index contributed by atoms with van der Waals surface area (Å²) in [6.07, 6.45) is 8.62. The third-order valence-electron chi connectivity index (χ3n) is 7.14. The van der Waals surface area contributed by atoms with E-state index in [9.17, 15) is 23.6 Å². The van der Waals surface area contributed by atoms with Gasteiger partial charge in [-0.15, -0.1) is 0 Å². The second-order valence-corrected chi connectivity index (χ2v) is 9.67. The van der Waals surface area contributed by atoms with Crippen molar-refractivity contribution in [2.75, 3.05) is 26.4 Å². The third-order valence-corrected chi connectivity index (χ3v) is 7.14. The maximum Gasteiger partial charge on any atom is 0.246 e. The molecule has 0 spiro atoms. The molecule has 2 bridgehead atoms. The van der Waals surface area contributed by atoms with Crippen LogP contribution < -0.4 is 21.4 Å². The first kappa shape index (κ1) is 27.1. The largest absolute Gasteiger partial charge is 0.374 e. The predicted molar refractivity (Wildman–Crippen MR) is 124 cm³/mol. The third kappa shape index (κ3) is 7.47. The fourth-order valence-corrected chi connectivity index (χ4v) is 5.07. The van der Waals surface area contributed by atoms with Gasteiger partial charge in [-0.2, -0.15) is 0 Å². The molecule has 4 aliphatic rings. The van der Waals surface area contributed by atoms with E-state index in [0.29, 0.717) is 51.7 Å². The number of amides is 4. The molecule has 5 N–H and O–H groups in total. The van der Waals surface area contributed by atoms with Gasteiger partial charge in [0.05, 0.1) is 19.3 Å². The lowest BCUT2D eigenvalue weighted by Gasteiger charge is -2.27. The highest BCUT2D eigenvalue weighted by Crippen LogP contribution is 2.51. The molecule has 2 fully saturated rings. The number of ether oxygens (including phenoxy) is 1. The van der Waals surface area contributed by atoms with E-state index >= 15 is 0 Å². The Kier molecular flexibility index (Phi) is 10.0. The summed E-state index contributed by atoms with van der Waals surface area (Å²) in [5.74, 6) is -2.67. The van der Waals surface area contributed by atoms with Gasteiger partial charge in [0.1, 0.15) is 5.54 Å². The molecule has 11 heteroatoms. The number of nitrogens with one attached hydrogen (secondary N) is 4. The highest BCUT2D eigenvalue weighted by Gasteiger charge is 2.63. The first-order valence-corrected chi connectivity index (χ1v) is 12.6. The molecule has 5 atom stereocenters. The summed E-state index contributed by atoms with van der Waals surface area (Å²) in [6, 6.07) is 0. The summed E-state index contributed by atoms with van der Waals surface area (Å²) >= 11 is 0. The van der Waals surface area contributed by atoms with Crippen LogP contribution in [0.3, 0.4) is 0 Å². The van der Waals surface area contributed by atoms with Crippen LogP contribution in [0.25, 0.3) is 0 Å². The van der Waals surface area contributed by atoms with E-state index in [1.165, 1.54) is 0 Å². The fraction of sp³-hybridized carbons (Fsp3) is 0.750. The van der Waals surface area contributed by atoms with Gasteiger partial charge < -0.3 is 20.7 Å². The molecule has 4 unspecified atom stereocenters. The number of hydrogen-bond donors (Lipinski definition) is 5. The summed E-state index contributed by atoms with van der Waals surface area (Å²) < 4.78 is 18.0. The average molecular weight is 497 g/mol. The Hall–Kier alpha value is -2.53. The molecule has 0 aromatic rings. The average Bonchev–Trinajstić information content (AvgIpc) is 3.58. The Labute approximate surface area is 204 Å². The van der Waals surface area contributed by atoms with Gasteiger partial charge in [-0.1, -0.05) is 12.2 Å². The molecule has 4 amide bonds. The molecule has 35 heavy (non-hydrogen) atoms. The highest BCUT2D eigenvalue weighted by molar-refractivity contribution is 5.97. The molecule has 2 aliphatic carbocycles. The van der Waals surface area contributed by atoms with Crippen LogP contribution in [0.2, 0.25) is 0 Å². The number of alkyl halides is 1. The predicted octanol–water partition coefficient (Wildman–Crippen LogP) is 0.890. The molecule has 0 aromatic heterocycles. The van der Waals surface area contributed by atoms with E-state index in [1.54, 1.807) is 5.48 Å². The van der Waals surface area contributed by atoms with Gasteiger partial charge in [0.25, 0.3) is 0 Å². The van der Waals surface area contributed by atoms with Crippen LogP contribution >= 0.6 is 0 Å². The van der Waals surface area contributed by atoms with E-state index in [1.807, 2.05) is 6.08 Å². The number of hydroxylamine groups is 1. The molecular formula is C24H37FN4O6. The van der Waals surface area contributed by atoms with E-state index in [2.05, 4.69) is 22.0 Å². The quantitative estimate of drug-likeness (QED) is 0.139. The normalized spacial score (nSPS) is 30.4. The summed E-state index contributed by atoms with van der Waals surface area (Å²) in [4.78, 5) is 50.3. The molecule has 2 heterocycles. The molecule has 0 aromatic carbocycles. The van der Waals surface area contributed by atoms with Crippen LogP contribution in [0.15, 0.2) is 12.2 Å². The SMILES string of the molecule is O=C(CNC(=O)C12CC1C1C=CC(CC1)OCCC[C@H](C(=O)NO)CC(=O)N2)NCCCCCF. The van der Waals surface area contributed by atoms with Crippen molar-refractivity contribution in [1.82, 2.24) is 21.4 Å². The van der Waals surface area contributed by atoms with E-state index in [4.69, 9.17) is 9.94 Å². The lowest BCUT2D eigenvalue weighted by Crippen LogP contribution is -2.53. The van der Waals surface area contributed by atoms with Gasteiger partial charge in [-0.05, 0) is 57.3 Å². The van der Waals surface area contributed by atoms with E-state index in [0.717, 1.165) is 12.8 Å². The number of halogens is 1. The Morgan fingerprint density at radius 3 is 2.69 bits per heavy atom. The van der Waals surface area contributed by atoms with Crippen molar-refractivity contribution >= 4 is 23.6 Å². The molecular weight excluding hydrogens is 459 g/mol. The van der Waals surface area contributed by atoms with Crippen molar-refractivity contribution < 1.29 is 33.5 Å². The van der Waals surface area contributed by atoms with Crippen molar-refractivity contribution in [3.05, 3.63) is 12.2 Å². The van der Waals surface area contributed by atoms with Crippen molar-refractivity contribution in [2.45, 2.75) is 69.4 Å². The van der Waals surface area contributed by atoms with Gasteiger partial charge in [0.15, 0.2) is 0 Å². The molecule has 0 radical (unpaired) electrons. The number of rotatable bonds is 9. The smallest absolute Gasteiger partial charge is 0.246 e. The first-order valence-electron chi connectivity index (χ1n) is 12.6. The van der Waals surface area contributed by atoms with Crippen molar-refractivity contribution in [3.8, 4) is 0 Å². The van der Waals surface area contributed by atoms with Crippen molar-refractivity contribution in [2.24, 2.45) is 17.8 Å². The molecule has 2 aliphatic heterocycles. The monoisotopic (exact) mass is 496 g/mol. The van der Waals surface area contributed by atoms with Crippen LogP contribution in [0.1, 0.15) is 57.8 Å². The van der Waals surface area contributed by atoms with E-state index in [-0.39, 0.29) is 43.5 Å². The van der Waals surface area contributed by atoms with Gasteiger partial charge in [-0.3, -0.25) is 28.8 Å². The fourth-order valence-electron chi connectivity index (χ4n) is 5.07. The zero-order valence-electron chi connectivity index (χ0n) is 20.0. The summed E-state index contributed by atoms with van der Waals surface area (Å²) in [7, 11) is 0. The summed E-state index contributed by atoms with van der Waals surface area (Å²) in [6.45, 7) is 0.250. The topological polar surface area (TPSA) is 146 Å².